The number of carboxylic acids is 1. The van der Waals surface area contributed by atoms with Crippen LogP contribution in [0.5, 0.6) is 0 Å². The third kappa shape index (κ3) is 2.15. The smallest absolute Gasteiger partial charge is 0.303 e. The molecule has 3 N–H and O–H groups in total. The summed E-state index contributed by atoms with van der Waals surface area (Å²) in [7, 11) is 0. The summed E-state index contributed by atoms with van der Waals surface area (Å²) < 4.78 is 0. The summed E-state index contributed by atoms with van der Waals surface area (Å²) >= 11 is 0. The van der Waals surface area contributed by atoms with E-state index < -0.39 is 5.97 Å². The molecule has 0 spiro atoms. The standard InChI is InChI=1S/C6H11NO2.ClH/c7-5-2-1-4(5)3-6(8)9;/h4-5H,1-3,7H2,(H,8,9);1H/t4-,5-;/m1./s1. The highest BCUT2D eigenvalue weighted by atomic mass is 35.5. The van der Waals surface area contributed by atoms with E-state index in [9.17, 15) is 4.79 Å². The molecular weight excluding hydrogens is 154 g/mol. The molecule has 0 unspecified atom stereocenters. The topological polar surface area (TPSA) is 63.3 Å². The zero-order chi connectivity index (χ0) is 6.85. The molecule has 0 amide bonds. The highest BCUT2D eigenvalue weighted by Crippen LogP contribution is 2.28. The summed E-state index contributed by atoms with van der Waals surface area (Å²) in [6.45, 7) is 0. The van der Waals surface area contributed by atoms with Crippen LogP contribution in [0.15, 0.2) is 0 Å². The largest absolute Gasteiger partial charge is 0.481 e. The van der Waals surface area contributed by atoms with Crippen molar-refractivity contribution < 1.29 is 9.90 Å². The SMILES string of the molecule is Cl.N[C@@H]1CC[C@@H]1CC(=O)O. The second-order valence-corrected chi connectivity index (χ2v) is 2.60. The minimum Gasteiger partial charge on any atom is -0.481 e. The first-order valence-corrected chi connectivity index (χ1v) is 3.17. The minimum absolute atomic E-state index is 0. The molecule has 3 nitrogen and oxygen atoms in total. The number of aliphatic carboxylic acids is 1. The summed E-state index contributed by atoms with van der Waals surface area (Å²) in [5.74, 6) is -0.474. The van der Waals surface area contributed by atoms with Gasteiger partial charge < -0.3 is 10.8 Å². The number of hydrogen-bond acceptors (Lipinski definition) is 2. The lowest BCUT2D eigenvalue weighted by atomic mass is 9.78. The summed E-state index contributed by atoms with van der Waals surface area (Å²) in [4.78, 5) is 10.1. The van der Waals surface area contributed by atoms with Crippen LogP contribution in [0.25, 0.3) is 0 Å². The van der Waals surface area contributed by atoms with Gasteiger partial charge >= 0.3 is 5.97 Å². The van der Waals surface area contributed by atoms with Crippen LogP contribution in [0.1, 0.15) is 19.3 Å². The van der Waals surface area contributed by atoms with E-state index in [0.29, 0.717) is 0 Å². The maximum Gasteiger partial charge on any atom is 0.303 e. The molecule has 0 aromatic heterocycles. The zero-order valence-electron chi connectivity index (χ0n) is 5.62. The Hall–Kier alpha value is -0.280. The third-order valence-electron chi connectivity index (χ3n) is 1.91. The molecule has 0 aromatic rings. The molecule has 2 atom stereocenters. The molecular formula is C6H12ClNO2. The van der Waals surface area contributed by atoms with Crippen LogP contribution < -0.4 is 5.73 Å². The summed E-state index contributed by atoms with van der Waals surface area (Å²) in [5, 5.41) is 8.31. The number of nitrogens with two attached hydrogens (primary N) is 1. The van der Waals surface area contributed by atoms with Gasteiger partial charge in [-0.2, -0.15) is 0 Å². The zero-order valence-corrected chi connectivity index (χ0v) is 6.43. The van der Waals surface area contributed by atoms with Crippen molar-refractivity contribution in [2.24, 2.45) is 11.7 Å². The Morgan fingerprint density at radius 2 is 2.20 bits per heavy atom. The Kier molecular flexibility index (Phi) is 3.68. The number of rotatable bonds is 2. The van der Waals surface area contributed by atoms with Gasteiger partial charge in [0, 0.05) is 12.5 Å². The van der Waals surface area contributed by atoms with Crippen molar-refractivity contribution >= 4 is 18.4 Å². The van der Waals surface area contributed by atoms with Gasteiger partial charge in [-0.3, -0.25) is 4.79 Å². The van der Waals surface area contributed by atoms with Gasteiger partial charge in [0.05, 0.1) is 0 Å². The van der Waals surface area contributed by atoms with Crippen LogP contribution in [0, 0.1) is 5.92 Å². The molecule has 0 heterocycles. The van der Waals surface area contributed by atoms with Crippen LogP contribution in [-0.4, -0.2) is 17.1 Å². The summed E-state index contributed by atoms with van der Waals surface area (Å²) in [6, 6.07) is 0.154. The quantitative estimate of drug-likeness (QED) is 0.631. The molecule has 10 heavy (non-hydrogen) atoms. The first-order chi connectivity index (χ1) is 4.20. The lowest BCUT2D eigenvalue weighted by Gasteiger charge is -2.31. The number of hydrogen-bond donors (Lipinski definition) is 2. The molecule has 1 aliphatic carbocycles. The van der Waals surface area contributed by atoms with E-state index >= 15 is 0 Å². The molecule has 0 bridgehead atoms. The molecule has 0 aliphatic heterocycles. The maximum absolute atomic E-state index is 10.1. The first-order valence-electron chi connectivity index (χ1n) is 3.17. The first kappa shape index (κ1) is 9.72. The Morgan fingerprint density at radius 1 is 1.60 bits per heavy atom. The van der Waals surface area contributed by atoms with Crippen LogP contribution >= 0.6 is 12.4 Å². The monoisotopic (exact) mass is 165 g/mol. The third-order valence-corrected chi connectivity index (χ3v) is 1.91. The van der Waals surface area contributed by atoms with Crippen molar-refractivity contribution in [3.63, 3.8) is 0 Å². The van der Waals surface area contributed by atoms with E-state index in [-0.39, 0.29) is 30.8 Å². The van der Waals surface area contributed by atoms with E-state index in [2.05, 4.69) is 0 Å². The average molecular weight is 166 g/mol. The van der Waals surface area contributed by atoms with Gasteiger partial charge in [-0.05, 0) is 18.8 Å². The number of carbonyl (C=O) groups is 1. The molecule has 1 saturated carbocycles. The van der Waals surface area contributed by atoms with Gasteiger partial charge in [-0.1, -0.05) is 0 Å². The van der Waals surface area contributed by atoms with E-state index in [4.69, 9.17) is 10.8 Å². The van der Waals surface area contributed by atoms with Crippen molar-refractivity contribution in [2.75, 3.05) is 0 Å². The van der Waals surface area contributed by atoms with Crippen molar-refractivity contribution in [1.82, 2.24) is 0 Å². The van der Waals surface area contributed by atoms with Crippen LogP contribution in [-0.2, 0) is 4.79 Å². The molecule has 4 heteroatoms. The second kappa shape index (κ2) is 3.78. The van der Waals surface area contributed by atoms with E-state index in [0.717, 1.165) is 12.8 Å². The van der Waals surface area contributed by atoms with E-state index in [1.54, 1.807) is 0 Å². The van der Waals surface area contributed by atoms with E-state index in [1.807, 2.05) is 0 Å². The Bertz CT molecular complexity index is 129. The molecule has 1 fully saturated rings. The van der Waals surface area contributed by atoms with Crippen molar-refractivity contribution in [2.45, 2.75) is 25.3 Å². The molecule has 0 radical (unpaired) electrons. The van der Waals surface area contributed by atoms with Crippen molar-refractivity contribution in [1.29, 1.82) is 0 Å². The van der Waals surface area contributed by atoms with Crippen LogP contribution in [0.4, 0.5) is 0 Å². The number of carboxylic acid groups (broad SMARTS) is 1. The van der Waals surface area contributed by atoms with Gasteiger partial charge in [-0.25, -0.2) is 0 Å². The summed E-state index contributed by atoms with van der Waals surface area (Å²) in [6.07, 6.45) is 2.24. The average Bonchev–Trinajstić information content (AvgIpc) is 1.79. The highest BCUT2D eigenvalue weighted by Gasteiger charge is 2.28. The lowest BCUT2D eigenvalue weighted by Crippen LogP contribution is -2.40. The fourth-order valence-electron chi connectivity index (χ4n) is 1.07. The normalized spacial score (nSPS) is 30.1. The molecule has 1 rings (SSSR count). The predicted molar refractivity (Wildman–Crippen MR) is 40.2 cm³/mol. The Balaban J connectivity index is 0.000000810. The minimum atomic E-state index is -0.727. The Labute approximate surface area is 66.0 Å². The fourth-order valence-corrected chi connectivity index (χ4v) is 1.07. The van der Waals surface area contributed by atoms with Gasteiger partial charge in [-0.15, -0.1) is 12.4 Å². The molecule has 60 valence electrons. The maximum atomic E-state index is 10.1. The van der Waals surface area contributed by atoms with Gasteiger partial charge in [0.25, 0.3) is 0 Å². The van der Waals surface area contributed by atoms with Crippen molar-refractivity contribution in [3.05, 3.63) is 0 Å². The van der Waals surface area contributed by atoms with Crippen LogP contribution in [0.2, 0.25) is 0 Å². The predicted octanol–water partition coefficient (Wildman–Crippen LogP) is 0.620. The number of halogens is 1. The van der Waals surface area contributed by atoms with Crippen molar-refractivity contribution in [3.8, 4) is 0 Å². The summed E-state index contributed by atoms with van der Waals surface area (Å²) in [5.41, 5.74) is 5.51. The Morgan fingerprint density at radius 3 is 2.30 bits per heavy atom. The molecule has 0 saturated heterocycles. The van der Waals surface area contributed by atoms with E-state index in [1.165, 1.54) is 0 Å². The highest BCUT2D eigenvalue weighted by molar-refractivity contribution is 5.85. The lowest BCUT2D eigenvalue weighted by molar-refractivity contribution is -0.139. The molecule has 1 aliphatic rings. The second-order valence-electron chi connectivity index (χ2n) is 2.60. The van der Waals surface area contributed by atoms with Gasteiger partial charge in [0.15, 0.2) is 0 Å². The fraction of sp³-hybridized carbons (Fsp3) is 0.833. The van der Waals surface area contributed by atoms with Gasteiger partial charge in [0.2, 0.25) is 0 Å². The van der Waals surface area contributed by atoms with Gasteiger partial charge in [0.1, 0.15) is 0 Å². The molecule has 0 aromatic carbocycles. The van der Waals surface area contributed by atoms with Crippen LogP contribution in [0.3, 0.4) is 0 Å².